The highest BCUT2D eigenvalue weighted by Gasteiger charge is 2.29. The summed E-state index contributed by atoms with van der Waals surface area (Å²) in [4.78, 5) is 4.98. The molecule has 1 aromatic heterocycles. The van der Waals surface area contributed by atoms with Gasteiger partial charge in [0.15, 0.2) is 5.82 Å². The van der Waals surface area contributed by atoms with E-state index in [4.69, 9.17) is 0 Å². The Morgan fingerprint density at radius 3 is 2.73 bits per heavy atom. The molecular formula is C11H16N4. The molecule has 0 aliphatic carbocycles. The van der Waals surface area contributed by atoms with Crippen molar-refractivity contribution in [1.82, 2.24) is 15.1 Å². The van der Waals surface area contributed by atoms with Crippen LogP contribution in [0.15, 0.2) is 18.3 Å². The van der Waals surface area contributed by atoms with E-state index in [0.717, 1.165) is 12.4 Å². The molecule has 0 atom stereocenters. The normalized spacial score (nSPS) is 30.3. The SMILES string of the molecule is c1cnnc(N2CCN3CCC2CC3)c1. The van der Waals surface area contributed by atoms with Gasteiger partial charge in [-0.3, -0.25) is 0 Å². The summed E-state index contributed by atoms with van der Waals surface area (Å²) in [5, 5.41) is 8.19. The van der Waals surface area contributed by atoms with E-state index in [-0.39, 0.29) is 0 Å². The largest absolute Gasteiger partial charge is 0.351 e. The zero-order chi connectivity index (χ0) is 10.1. The molecule has 4 nitrogen and oxygen atoms in total. The molecule has 2 bridgehead atoms. The zero-order valence-corrected chi connectivity index (χ0v) is 8.84. The fraction of sp³-hybridized carbons (Fsp3) is 0.636. The summed E-state index contributed by atoms with van der Waals surface area (Å²) in [5.41, 5.74) is 0. The molecule has 0 radical (unpaired) electrons. The monoisotopic (exact) mass is 204 g/mol. The van der Waals surface area contributed by atoms with Gasteiger partial charge in [-0.2, -0.15) is 5.10 Å². The fourth-order valence-corrected chi connectivity index (χ4v) is 2.63. The van der Waals surface area contributed by atoms with Crippen LogP contribution in [0.1, 0.15) is 12.8 Å². The first kappa shape index (κ1) is 9.09. The maximum atomic E-state index is 4.22. The van der Waals surface area contributed by atoms with Gasteiger partial charge in [0.2, 0.25) is 0 Å². The second-order valence-electron chi connectivity index (χ2n) is 4.35. The molecule has 1 aromatic rings. The summed E-state index contributed by atoms with van der Waals surface area (Å²) in [7, 11) is 0. The van der Waals surface area contributed by atoms with Crippen LogP contribution in [0.3, 0.4) is 0 Å². The molecule has 3 saturated heterocycles. The number of hydrogen-bond acceptors (Lipinski definition) is 4. The number of hydrogen-bond donors (Lipinski definition) is 0. The summed E-state index contributed by atoms with van der Waals surface area (Å²) in [6.45, 7) is 4.78. The lowest BCUT2D eigenvalue weighted by Gasteiger charge is -2.31. The van der Waals surface area contributed by atoms with E-state index >= 15 is 0 Å². The molecule has 3 fully saturated rings. The molecule has 0 unspecified atom stereocenters. The molecule has 80 valence electrons. The first-order valence-electron chi connectivity index (χ1n) is 5.70. The lowest BCUT2D eigenvalue weighted by atomic mass is 10.1. The van der Waals surface area contributed by atoms with Gasteiger partial charge in [-0.25, -0.2) is 0 Å². The van der Waals surface area contributed by atoms with Crippen LogP contribution in [-0.2, 0) is 0 Å². The Morgan fingerprint density at radius 2 is 2.00 bits per heavy atom. The average Bonchev–Trinajstić information content (AvgIpc) is 2.63. The van der Waals surface area contributed by atoms with Crippen LogP contribution in [0.2, 0.25) is 0 Å². The van der Waals surface area contributed by atoms with Crippen LogP contribution in [0.5, 0.6) is 0 Å². The Hall–Kier alpha value is -1.16. The molecular weight excluding hydrogens is 188 g/mol. The van der Waals surface area contributed by atoms with Gasteiger partial charge in [0.1, 0.15) is 0 Å². The molecule has 4 heterocycles. The van der Waals surface area contributed by atoms with Gasteiger partial charge in [0.05, 0.1) is 0 Å². The van der Waals surface area contributed by atoms with Gasteiger partial charge in [-0.05, 0) is 25.0 Å². The number of nitrogens with zero attached hydrogens (tertiary/aromatic N) is 4. The minimum atomic E-state index is 0.681. The van der Waals surface area contributed by atoms with Crippen molar-refractivity contribution in [3.63, 3.8) is 0 Å². The molecule has 0 spiro atoms. The third kappa shape index (κ3) is 1.69. The Bertz CT molecular complexity index is 319. The van der Waals surface area contributed by atoms with E-state index in [2.05, 4.69) is 26.1 Å². The molecule has 0 saturated carbocycles. The molecule has 0 amide bonds. The Labute approximate surface area is 89.9 Å². The van der Waals surface area contributed by atoms with Crippen LogP contribution in [0.4, 0.5) is 5.82 Å². The smallest absolute Gasteiger partial charge is 0.151 e. The molecule has 15 heavy (non-hydrogen) atoms. The number of fused-ring (bicyclic) bond motifs is 4. The van der Waals surface area contributed by atoms with Crippen molar-refractivity contribution >= 4 is 5.82 Å². The summed E-state index contributed by atoms with van der Waals surface area (Å²) >= 11 is 0. The zero-order valence-electron chi connectivity index (χ0n) is 8.84. The molecule has 3 aliphatic rings. The van der Waals surface area contributed by atoms with Gasteiger partial charge < -0.3 is 9.80 Å². The minimum absolute atomic E-state index is 0.681. The Balaban J connectivity index is 1.86. The third-order valence-electron chi connectivity index (χ3n) is 3.51. The second-order valence-corrected chi connectivity index (χ2v) is 4.35. The second kappa shape index (κ2) is 3.77. The quantitative estimate of drug-likeness (QED) is 0.676. The highest BCUT2D eigenvalue weighted by Crippen LogP contribution is 2.24. The van der Waals surface area contributed by atoms with Crippen LogP contribution in [0.25, 0.3) is 0 Å². The van der Waals surface area contributed by atoms with E-state index in [1.54, 1.807) is 6.20 Å². The maximum absolute atomic E-state index is 4.22. The summed E-state index contributed by atoms with van der Waals surface area (Å²) in [6.07, 6.45) is 4.29. The molecule has 0 aromatic carbocycles. The van der Waals surface area contributed by atoms with E-state index in [1.165, 1.54) is 32.5 Å². The molecule has 3 aliphatic heterocycles. The summed E-state index contributed by atoms with van der Waals surface area (Å²) in [5.74, 6) is 1.05. The fourth-order valence-electron chi connectivity index (χ4n) is 2.63. The first-order chi connectivity index (χ1) is 7.43. The van der Waals surface area contributed by atoms with Crippen LogP contribution in [-0.4, -0.2) is 47.3 Å². The molecule has 4 rings (SSSR count). The van der Waals surface area contributed by atoms with E-state index < -0.39 is 0 Å². The maximum Gasteiger partial charge on any atom is 0.151 e. The lowest BCUT2D eigenvalue weighted by molar-refractivity contribution is 0.250. The predicted molar refractivity (Wildman–Crippen MR) is 58.8 cm³/mol. The van der Waals surface area contributed by atoms with E-state index in [0.29, 0.717) is 6.04 Å². The number of piperidine rings is 1. The van der Waals surface area contributed by atoms with E-state index in [1.807, 2.05) is 6.07 Å². The van der Waals surface area contributed by atoms with Gasteiger partial charge in [0, 0.05) is 38.4 Å². The van der Waals surface area contributed by atoms with Crippen molar-refractivity contribution in [1.29, 1.82) is 0 Å². The highest BCUT2D eigenvalue weighted by molar-refractivity contribution is 5.38. The lowest BCUT2D eigenvalue weighted by Crippen LogP contribution is -2.38. The number of rotatable bonds is 1. The topological polar surface area (TPSA) is 32.3 Å². The third-order valence-corrected chi connectivity index (χ3v) is 3.51. The summed E-state index contributed by atoms with van der Waals surface area (Å²) < 4.78 is 0. The first-order valence-corrected chi connectivity index (χ1v) is 5.70. The van der Waals surface area contributed by atoms with Crippen LogP contribution in [0, 0.1) is 0 Å². The molecule has 0 N–H and O–H groups in total. The highest BCUT2D eigenvalue weighted by atomic mass is 15.3. The van der Waals surface area contributed by atoms with Crippen molar-refractivity contribution in [2.24, 2.45) is 0 Å². The van der Waals surface area contributed by atoms with Crippen molar-refractivity contribution in [3.8, 4) is 0 Å². The predicted octanol–water partition coefficient (Wildman–Crippen LogP) is 0.761. The summed E-state index contributed by atoms with van der Waals surface area (Å²) in [6, 6.07) is 4.72. The van der Waals surface area contributed by atoms with Crippen molar-refractivity contribution in [2.75, 3.05) is 31.1 Å². The van der Waals surface area contributed by atoms with Gasteiger partial charge in [0.25, 0.3) is 0 Å². The standard InChI is InChI=1S/C11H16N4/c1-2-11(13-12-5-1)15-9-8-14-6-3-10(15)4-7-14/h1-2,5,10H,3-4,6-9H2. The minimum Gasteiger partial charge on any atom is -0.351 e. The van der Waals surface area contributed by atoms with Crippen molar-refractivity contribution in [2.45, 2.75) is 18.9 Å². The van der Waals surface area contributed by atoms with Crippen LogP contribution >= 0.6 is 0 Å². The number of aromatic nitrogens is 2. The Morgan fingerprint density at radius 1 is 1.13 bits per heavy atom. The molecule has 4 heteroatoms. The van der Waals surface area contributed by atoms with Crippen LogP contribution < -0.4 is 4.90 Å². The average molecular weight is 204 g/mol. The van der Waals surface area contributed by atoms with Gasteiger partial charge in [-0.1, -0.05) is 0 Å². The van der Waals surface area contributed by atoms with Crippen molar-refractivity contribution < 1.29 is 0 Å². The number of anilines is 1. The van der Waals surface area contributed by atoms with Crippen molar-refractivity contribution in [3.05, 3.63) is 18.3 Å². The van der Waals surface area contributed by atoms with Gasteiger partial charge >= 0.3 is 0 Å². The van der Waals surface area contributed by atoms with Gasteiger partial charge in [-0.15, -0.1) is 5.10 Å². The van der Waals surface area contributed by atoms with E-state index in [9.17, 15) is 0 Å². The Kier molecular flexibility index (Phi) is 2.29.